The standard InChI is InChI=1S/C46H40Cl2O8/c47-38-22-21-37-41(44(38)48)46(56-32-28-52-36-19-11-4-12-20-36)43-40(54-30-26-50-34-15-7-2-8-16-34)24-23-39(53-29-25-49-33-13-5-1-6-14-33)42(43)45(37)55-31-27-51-35-17-9-3-10-18-35/h1-24H,25-32H2. The van der Waals surface area contributed by atoms with E-state index >= 15 is 0 Å². The van der Waals surface area contributed by atoms with Gasteiger partial charge in [-0.05, 0) is 72.8 Å². The van der Waals surface area contributed by atoms with Crippen molar-refractivity contribution < 1.29 is 37.9 Å². The molecular weight excluding hydrogens is 751 g/mol. The molecule has 0 N–H and O–H groups in total. The zero-order valence-electron chi connectivity index (χ0n) is 30.5. The predicted molar refractivity (Wildman–Crippen MR) is 221 cm³/mol. The van der Waals surface area contributed by atoms with Gasteiger partial charge in [0.2, 0.25) is 0 Å². The van der Waals surface area contributed by atoms with E-state index in [4.69, 9.17) is 61.1 Å². The Morgan fingerprint density at radius 3 is 1.05 bits per heavy atom. The van der Waals surface area contributed by atoms with Crippen LogP contribution in [0.3, 0.4) is 0 Å². The summed E-state index contributed by atoms with van der Waals surface area (Å²) in [5.74, 6) is 4.93. The highest BCUT2D eigenvalue weighted by Crippen LogP contribution is 2.53. The third-order valence-corrected chi connectivity index (χ3v) is 9.34. The number of hydrogen-bond acceptors (Lipinski definition) is 8. The number of benzene rings is 7. The molecule has 0 aliphatic heterocycles. The average Bonchev–Trinajstić information content (AvgIpc) is 3.24. The van der Waals surface area contributed by atoms with Gasteiger partial charge in [0.1, 0.15) is 98.9 Å². The fourth-order valence-corrected chi connectivity index (χ4v) is 6.48. The lowest BCUT2D eigenvalue weighted by Gasteiger charge is -2.23. The maximum Gasteiger partial charge on any atom is 0.140 e. The summed E-state index contributed by atoms with van der Waals surface area (Å²) in [5.41, 5.74) is 0. The van der Waals surface area contributed by atoms with Crippen LogP contribution in [-0.2, 0) is 0 Å². The normalized spacial score (nSPS) is 10.9. The van der Waals surface area contributed by atoms with Crippen molar-refractivity contribution in [2.45, 2.75) is 0 Å². The van der Waals surface area contributed by atoms with Gasteiger partial charge in [0.25, 0.3) is 0 Å². The summed E-state index contributed by atoms with van der Waals surface area (Å²) in [4.78, 5) is 0. The summed E-state index contributed by atoms with van der Waals surface area (Å²) >= 11 is 13.8. The molecule has 7 aromatic carbocycles. The Labute approximate surface area is 335 Å². The Kier molecular flexibility index (Phi) is 13.4. The Morgan fingerprint density at radius 1 is 0.304 bits per heavy atom. The molecule has 8 nitrogen and oxygen atoms in total. The highest BCUT2D eigenvalue weighted by atomic mass is 35.5. The van der Waals surface area contributed by atoms with Crippen LogP contribution < -0.4 is 37.9 Å². The predicted octanol–water partition coefficient (Wildman–Crippen LogP) is 11.1. The maximum atomic E-state index is 7.07. The second-order valence-corrected chi connectivity index (χ2v) is 13.1. The lowest BCUT2D eigenvalue weighted by molar-refractivity contribution is 0.210. The summed E-state index contributed by atoms with van der Waals surface area (Å²) in [6.45, 7) is 1.99. The molecule has 0 radical (unpaired) electrons. The minimum absolute atomic E-state index is 0.180. The lowest BCUT2D eigenvalue weighted by Crippen LogP contribution is -2.13. The first kappa shape index (κ1) is 38.3. The lowest BCUT2D eigenvalue weighted by atomic mass is 9.98. The number of fused-ring (bicyclic) bond motifs is 2. The zero-order valence-corrected chi connectivity index (χ0v) is 32.0. The SMILES string of the molecule is Clc1ccc2c(OCCOc3ccccc3)c3c(OCCOc4ccccc4)ccc(OCCOc4ccccc4)c3c(OCCOc3ccccc3)c2c1Cl. The van der Waals surface area contributed by atoms with Gasteiger partial charge in [0.05, 0.1) is 20.8 Å². The summed E-state index contributed by atoms with van der Waals surface area (Å²) in [6, 6.07) is 45.6. The van der Waals surface area contributed by atoms with E-state index in [1.54, 1.807) is 6.07 Å². The third-order valence-electron chi connectivity index (χ3n) is 8.54. The van der Waals surface area contributed by atoms with Crippen molar-refractivity contribution in [1.82, 2.24) is 0 Å². The molecule has 0 spiro atoms. The highest BCUT2D eigenvalue weighted by Gasteiger charge is 2.26. The molecule has 7 rings (SSSR count). The molecule has 0 fully saturated rings. The highest BCUT2D eigenvalue weighted by molar-refractivity contribution is 6.46. The molecular formula is C46H40Cl2O8. The van der Waals surface area contributed by atoms with Gasteiger partial charge < -0.3 is 37.9 Å². The van der Waals surface area contributed by atoms with Gasteiger partial charge >= 0.3 is 0 Å². The van der Waals surface area contributed by atoms with Crippen LogP contribution in [0, 0.1) is 0 Å². The van der Waals surface area contributed by atoms with Crippen LogP contribution in [0.2, 0.25) is 10.0 Å². The van der Waals surface area contributed by atoms with E-state index in [1.165, 1.54) is 0 Å². The summed E-state index contributed by atoms with van der Waals surface area (Å²) in [7, 11) is 0. The number of hydrogen-bond donors (Lipinski definition) is 0. The number of rotatable bonds is 20. The Balaban J connectivity index is 1.28. The van der Waals surface area contributed by atoms with E-state index < -0.39 is 0 Å². The largest absolute Gasteiger partial charge is 0.490 e. The van der Waals surface area contributed by atoms with E-state index in [2.05, 4.69) is 0 Å². The molecule has 56 heavy (non-hydrogen) atoms. The van der Waals surface area contributed by atoms with Crippen molar-refractivity contribution in [2.75, 3.05) is 52.9 Å². The van der Waals surface area contributed by atoms with Gasteiger partial charge in [-0.2, -0.15) is 0 Å². The summed E-state index contributed by atoms with van der Waals surface area (Å²) in [6.07, 6.45) is 0. The Bertz CT molecular complexity index is 2290. The first-order valence-electron chi connectivity index (χ1n) is 18.3. The molecule has 0 saturated carbocycles. The first-order chi connectivity index (χ1) is 27.7. The van der Waals surface area contributed by atoms with E-state index in [1.807, 2.05) is 140 Å². The van der Waals surface area contributed by atoms with Gasteiger partial charge in [-0.15, -0.1) is 0 Å². The van der Waals surface area contributed by atoms with Crippen LogP contribution >= 0.6 is 23.2 Å². The number of para-hydroxylation sites is 4. The maximum absolute atomic E-state index is 7.07. The van der Waals surface area contributed by atoms with Gasteiger partial charge in [0, 0.05) is 10.8 Å². The Hall–Kier alpha value is -5.96. The fourth-order valence-electron chi connectivity index (χ4n) is 6.07. The summed E-state index contributed by atoms with van der Waals surface area (Å²) < 4.78 is 50.2. The third kappa shape index (κ3) is 9.82. The molecule has 286 valence electrons. The zero-order chi connectivity index (χ0) is 38.4. The van der Waals surface area contributed by atoms with E-state index in [0.29, 0.717) is 67.8 Å². The average molecular weight is 792 g/mol. The first-order valence-corrected chi connectivity index (χ1v) is 19.0. The van der Waals surface area contributed by atoms with E-state index in [-0.39, 0.29) is 39.6 Å². The van der Waals surface area contributed by atoms with E-state index in [0.717, 1.165) is 23.0 Å². The van der Waals surface area contributed by atoms with Gasteiger partial charge in [-0.1, -0.05) is 96.0 Å². The smallest absolute Gasteiger partial charge is 0.140 e. The number of ether oxygens (including phenoxy) is 8. The minimum atomic E-state index is 0.180. The quantitative estimate of drug-likeness (QED) is 0.0558. The molecule has 10 heteroatoms. The van der Waals surface area contributed by atoms with Crippen molar-refractivity contribution in [1.29, 1.82) is 0 Å². The molecule has 0 bridgehead atoms. The van der Waals surface area contributed by atoms with Crippen molar-refractivity contribution in [3.63, 3.8) is 0 Å². The topological polar surface area (TPSA) is 73.8 Å². The second kappa shape index (κ2) is 19.6. The van der Waals surface area contributed by atoms with Crippen LogP contribution in [-0.4, -0.2) is 52.9 Å². The second-order valence-electron chi connectivity index (χ2n) is 12.3. The molecule has 0 aliphatic carbocycles. The molecule has 0 atom stereocenters. The van der Waals surface area contributed by atoms with Crippen LogP contribution in [0.1, 0.15) is 0 Å². The van der Waals surface area contributed by atoms with Gasteiger partial charge in [-0.25, -0.2) is 0 Å². The molecule has 0 saturated heterocycles. The van der Waals surface area contributed by atoms with Crippen LogP contribution in [0.5, 0.6) is 46.0 Å². The number of halogens is 2. The molecule has 7 aromatic rings. The molecule has 0 heterocycles. The van der Waals surface area contributed by atoms with Crippen LogP contribution in [0.4, 0.5) is 0 Å². The van der Waals surface area contributed by atoms with E-state index in [9.17, 15) is 0 Å². The molecule has 0 unspecified atom stereocenters. The van der Waals surface area contributed by atoms with Crippen molar-refractivity contribution >= 4 is 44.7 Å². The van der Waals surface area contributed by atoms with Gasteiger partial charge in [0.15, 0.2) is 0 Å². The van der Waals surface area contributed by atoms with Crippen LogP contribution in [0.25, 0.3) is 21.5 Å². The summed E-state index contributed by atoms with van der Waals surface area (Å²) in [5, 5.41) is 3.08. The van der Waals surface area contributed by atoms with Crippen molar-refractivity contribution in [2.24, 2.45) is 0 Å². The molecule has 0 amide bonds. The van der Waals surface area contributed by atoms with Gasteiger partial charge in [-0.3, -0.25) is 0 Å². The molecule has 0 aromatic heterocycles. The fraction of sp³-hybridized carbons (Fsp3) is 0.174. The monoisotopic (exact) mass is 790 g/mol. The van der Waals surface area contributed by atoms with Crippen molar-refractivity contribution in [3.8, 4) is 46.0 Å². The molecule has 0 aliphatic rings. The minimum Gasteiger partial charge on any atom is -0.490 e. The Morgan fingerprint density at radius 2 is 0.643 bits per heavy atom. The van der Waals surface area contributed by atoms with Crippen molar-refractivity contribution in [3.05, 3.63) is 156 Å². The van der Waals surface area contributed by atoms with Crippen LogP contribution in [0.15, 0.2) is 146 Å².